The second kappa shape index (κ2) is 7.67. The molecular formula is C16H19NO5S2. The van der Waals surface area contributed by atoms with Gasteiger partial charge in [-0.1, -0.05) is 0 Å². The van der Waals surface area contributed by atoms with Crippen molar-refractivity contribution in [3.8, 4) is 11.5 Å². The van der Waals surface area contributed by atoms with Gasteiger partial charge in [-0.05, 0) is 51.1 Å². The van der Waals surface area contributed by atoms with Crippen LogP contribution in [0.15, 0.2) is 34.5 Å². The van der Waals surface area contributed by atoms with Crippen molar-refractivity contribution in [1.82, 2.24) is 4.72 Å². The molecule has 0 unspecified atom stereocenters. The van der Waals surface area contributed by atoms with Gasteiger partial charge in [0.25, 0.3) is 15.9 Å². The maximum Gasteiger partial charge on any atom is 0.273 e. The number of benzene rings is 1. The lowest BCUT2D eigenvalue weighted by Crippen LogP contribution is -2.30. The van der Waals surface area contributed by atoms with Crippen molar-refractivity contribution in [2.24, 2.45) is 0 Å². The predicted octanol–water partition coefficient (Wildman–Crippen LogP) is 2.97. The molecule has 130 valence electrons. The van der Waals surface area contributed by atoms with Crippen LogP contribution >= 0.6 is 11.3 Å². The molecule has 6 nitrogen and oxygen atoms in total. The fourth-order valence-electron chi connectivity index (χ4n) is 1.98. The molecule has 0 aliphatic carbocycles. The largest absolute Gasteiger partial charge is 0.490 e. The van der Waals surface area contributed by atoms with Crippen LogP contribution in [0.4, 0.5) is 0 Å². The van der Waals surface area contributed by atoms with Crippen molar-refractivity contribution < 1.29 is 22.7 Å². The Morgan fingerprint density at radius 1 is 1.08 bits per heavy atom. The molecule has 0 aliphatic heterocycles. The Bertz CT molecular complexity index is 827. The van der Waals surface area contributed by atoms with Gasteiger partial charge in [0.2, 0.25) is 0 Å². The minimum atomic E-state index is -3.89. The molecule has 1 aromatic heterocycles. The highest BCUT2D eigenvalue weighted by atomic mass is 32.2. The van der Waals surface area contributed by atoms with E-state index in [9.17, 15) is 13.2 Å². The van der Waals surface area contributed by atoms with Crippen LogP contribution in [0.25, 0.3) is 0 Å². The molecule has 1 amide bonds. The minimum absolute atomic E-state index is 0.101. The van der Waals surface area contributed by atoms with Gasteiger partial charge >= 0.3 is 0 Å². The first-order valence-electron chi connectivity index (χ1n) is 7.40. The molecule has 2 aromatic rings. The SMILES string of the molecule is CCOc1ccc(C(=O)NS(=O)(=O)c2ccc(C)s2)cc1OCC. The summed E-state index contributed by atoms with van der Waals surface area (Å²) >= 11 is 1.10. The zero-order valence-electron chi connectivity index (χ0n) is 13.7. The predicted molar refractivity (Wildman–Crippen MR) is 92.5 cm³/mol. The van der Waals surface area contributed by atoms with Crippen molar-refractivity contribution in [2.45, 2.75) is 25.0 Å². The van der Waals surface area contributed by atoms with E-state index in [1.807, 2.05) is 13.8 Å². The molecule has 0 fully saturated rings. The van der Waals surface area contributed by atoms with Crippen LogP contribution in [0.5, 0.6) is 11.5 Å². The smallest absolute Gasteiger partial charge is 0.273 e. The third kappa shape index (κ3) is 4.27. The van der Waals surface area contributed by atoms with Crippen LogP contribution in [0.2, 0.25) is 0 Å². The number of carbonyl (C=O) groups excluding carboxylic acids is 1. The molecule has 0 aliphatic rings. The number of ether oxygens (including phenoxy) is 2. The van der Waals surface area contributed by atoms with Crippen LogP contribution in [0, 0.1) is 6.92 Å². The van der Waals surface area contributed by atoms with Gasteiger partial charge in [-0.25, -0.2) is 13.1 Å². The van der Waals surface area contributed by atoms with Gasteiger partial charge in [-0.15, -0.1) is 11.3 Å². The molecule has 8 heteroatoms. The number of hydrogen-bond acceptors (Lipinski definition) is 6. The van der Waals surface area contributed by atoms with Crippen LogP contribution in [0.3, 0.4) is 0 Å². The van der Waals surface area contributed by atoms with E-state index in [4.69, 9.17) is 9.47 Å². The van der Waals surface area contributed by atoms with Crippen molar-refractivity contribution in [1.29, 1.82) is 0 Å². The van der Waals surface area contributed by atoms with Gasteiger partial charge in [0.05, 0.1) is 13.2 Å². The number of aryl methyl sites for hydroxylation is 1. The lowest BCUT2D eigenvalue weighted by molar-refractivity contribution is 0.0981. The summed E-state index contributed by atoms with van der Waals surface area (Å²) in [5.74, 6) is 0.189. The number of amides is 1. The van der Waals surface area contributed by atoms with E-state index in [1.54, 1.807) is 19.1 Å². The van der Waals surface area contributed by atoms with Crippen LogP contribution in [-0.2, 0) is 10.0 Å². The van der Waals surface area contributed by atoms with Crippen molar-refractivity contribution in [2.75, 3.05) is 13.2 Å². The molecule has 1 aromatic carbocycles. The number of rotatable bonds is 7. The third-order valence-corrected chi connectivity index (χ3v) is 5.84. The fraction of sp³-hybridized carbons (Fsp3) is 0.312. The first kappa shape index (κ1) is 18.3. The molecular weight excluding hydrogens is 350 g/mol. The summed E-state index contributed by atoms with van der Waals surface area (Å²) in [5.41, 5.74) is 0.179. The van der Waals surface area contributed by atoms with Gasteiger partial charge in [0, 0.05) is 10.4 Å². The standard InChI is InChI=1S/C16H19NO5S2/c1-4-21-13-8-7-12(10-14(13)22-5-2)16(18)17-24(19,20)15-9-6-11(3)23-15/h6-10H,4-5H2,1-3H3,(H,17,18). The van der Waals surface area contributed by atoms with Gasteiger partial charge in [-0.2, -0.15) is 0 Å². The average molecular weight is 369 g/mol. The van der Waals surface area contributed by atoms with E-state index >= 15 is 0 Å². The van der Waals surface area contributed by atoms with Gasteiger partial charge in [-0.3, -0.25) is 4.79 Å². The molecule has 1 N–H and O–H groups in total. The summed E-state index contributed by atoms with van der Waals surface area (Å²) in [6.45, 7) is 6.31. The summed E-state index contributed by atoms with van der Waals surface area (Å²) in [4.78, 5) is 13.1. The van der Waals surface area contributed by atoms with E-state index in [-0.39, 0.29) is 9.77 Å². The molecule has 0 saturated carbocycles. The zero-order valence-corrected chi connectivity index (χ0v) is 15.3. The molecule has 0 spiro atoms. The third-order valence-electron chi connectivity index (χ3n) is 3.01. The monoisotopic (exact) mass is 369 g/mol. The van der Waals surface area contributed by atoms with E-state index < -0.39 is 15.9 Å². The van der Waals surface area contributed by atoms with Crippen LogP contribution in [-0.4, -0.2) is 27.5 Å². The highest BCUT2D eigenvalue weighted by Crippen LogP contribution is 2.29. The molecule has 2 rings (SSSR count). The first-order chi connectivity index (χ1) is 11.4. The molecule has 24 heavy (non-hydrogen) atoms. The summed E-state index contributed by atoms with van der Waals surface area (Å²) in [6.07, 6.45) is 0. The Morgan fingerprint density at radius 3 is 2.33 bits per heavy atom. The molecule has 1 heterocycles. The number of hydrogen-bond donors (Lipinski definition) is 1. The quantitative estimate of drug-likeness (QED) is 0.811. The number of carbonyl (C=O) groups is 1. The second-order valence-electron chi connectivity index (χ2n) is 4.83. The Kier molecular flexibility index (Phi) is 5.84. The Hall–Kier alpha value is -2.06. The lowest BCUT2D eigenvalue weighted by atomic mass is 10.2. The van der Waals surface area contributed by atoms with Crippen LogP contribution < -0.4 is 14.2 Å². The topological polar surface area (TPSA) is 81.7 Å². The molecule has 0 saturated heterocycles. The summed E-state index contributed by atoms with van der Waals surface area (Å²) in [7, 11) is -3.89. The Balaban J connectivity index is 2.24. The van der Waals surface area contributed by atoms with E-state index in [2.05, 4.69) is 4.72 Å². The van der Waals surface area contributed by atoms with Gasteiger partial charge in [0.15, 0.2) is 11.5 Å². The van der Waals surface area contributed by atoms with Crippen LogP contribution in [0.1, 0.15) is 29.1 Å². The maximum atomic E-state index is 12.3. The first-order valence-corrected chi connectivity index (χ1v) is 9.70. The normalized spacial score (nSPS) is 11.1. The highest BCUT2D eigenvalue weighted by molar-refractivity contribution is 7.92. The molecule has 0 atom stereocenters. The molecule has 0 radical (unpaired) electrons. The highest BCUT2D eigenvalue weighted by Gasteiger charge is 2.21. The summed E-state index contributed by atoms with van der Waals surface area (Å²) in [6, 6.07) is 7.72. The van der Waals surface area contributed by atoms with E-state index in [1.165, 1.54) is 18.2 Å². The summed E-state index contributed by atoms with van der Waals surface area (Å²) < 4.78 is 37.5. The summed E-state index contributed by atoms with van der Waals surface area (Å²) in [5, 5.41) is 0. The van der Waals surface area contributed by atoms with E-state index in [0.717, 1.165) is 16.2 Å². The lowest BCUT2D eigenvalue weighted by Gasteiger charge is -2.12. The van der Waals surface area contributed by atoms with Gasteiger partial charge in [0.1, 0.15) is 4.21 Å². The molecule has 0 bridgehead atoms. The minimum Gasteiger partial charge on any atom is -0.490 e. The average Bonchev–Trinajstić information content (AvgIpc) is 2.96. The number of thiophene rings is 1. The van der Waals surface area contributed by atoms with Gasteiger partial charge < -0.3 is 9.47 Å². The zero-order chi connectivity index (χ0) is 17.7. The Morgan fingerprint density at radius 2 is 1.75 bits per heavy atom. The number of nitrogens with one attached hydrogen (secondary N) is 1. The maximum absolute atomic E-state index is 12.3. The Labute approximate surface area is 145 Å². The number of sulfonamides is 1. The van der Waals surface area contributed by atoms with Crippen molar-refractivity contribution in [3.05, 3.63) is 40.8 Å². The second-order valence-corrected chi connectivity index (χ2v) is 8.02. The van der Waals surface area contributed by atoms with Crippen molar-refractivity contribution in [3.63, 3.8) is 0 Å². The van der Waals surface area contributed by atoms with Crippen molar-refractivity contribution >= 4 is 27.3 Å². The van der Waals surface area contributed by atoms with E-state index in [0.29, 0.717) is 24.7 Å². The fourth-order valence-corrected chi connectivity index (χ4v) is 4.24.